The van der Waals surface area contributed by atoms with Gasteiger partial charge in [0.15, 0.2) is 0 Å². The molecule has 1 heterocycles. The number of carbonyl (C=O) groups excluding carboxylic acids is 1. The van der Waals surface area contributed by atoms with Crippen LogP contribution in [0.5, 0.6) is 5.75 Å². The number of benzene rings is 1. The van der Waals surface area contributed by atoms with E-state index in [1.165, 1.54) is 0 Å². The third-order valence-corrected chi connectivity index (χ3v) is 4.14. The summed E-state index contributed by atoms with van der Waals surface area (Å²) in [5, 5.41) is 5.94. The standard InChI is InChI=1S/C17H23N3O2S/c1-20(2)11-17-19-14(12-23-17)10-16(21)18-8-7-13-5-4-6-15(9-13)22-3/h4-6,9,12H,7-8,10-11H2,1-3H3,(H,18,21). The lowest BCUT2D eigenvalue weighted by Crippen LogP contribution is -2.27. The van der Waals surface area contributed by atoms with Gasteiger partial charge >= 0.3 is 0 Å². The second-order valence-corrected chi connectivity index (χ2v) is 6.54. The number of aromatic nitrogens is 1. The largest absolute Gasteiger partial charge is 0.497 e. The molecule has 0 fully saturated rings. The number of methoxy groups -OCH3 is 1. The average Bonchev–Trinajstić information content (AvgIpc) is 2.93. The highest BCUT2D eigenvalue weighted by molar-refractivity contribution is 7.09. The Balaban J connectivity index is 1.75. The van der Waals surface area contributed by atoms with Crippen LogP contribution in [0.15, 0.2) is 29.6 Å². The van der Waals surface area contributed by atoms with Crippen molar-refractivity contribution >= 4 is 17.2 Å². The second kappa shape index (κ2) is 8.64. The normalized spacial score (nSPS) is 10.8. The van der Waals surface area contributed by atoms with E-state index in [9.17, 15) is 4.79 Å². The van der Waals surface area contributed by atoms with Crippen LogP contribution in [0.4, 0.5) is 0 Å². The number of nitrogens with zero attached hydrogens (tertiary/aromatic N) is 2. The number of hydrogen-bond donors (Lipinski definition) is 1. The fourth-order valence-electron chi connectivity index (χ4n) is 2.17. The van der Waals surface area contributed by atoms with Gasteiger partial charge in [-0.15, -0.1) is 11.3 Å². The van der Waals surface area contributed by atoms with Crippen LogP contribution in [0, 0.1) is 0 Å². The Morgan fingerprint density at radius 1 is 1.39 bits per heavy atom. The van der Waals surface area contributed by atoms with Gasteiger partial charge in [0.05, 0.1) is 19.2 Å². The van der Waals surface area contributed by atoms with Gasteiger partial charge in [-0.25, -0.2) is 4.98 Å². The van der Waals surface area contributed by atoms with E-state index in [2.05, 4.69) is 15.2 Å². The minimum absolute atomic E-state index is 0.00889. The highest BCUT2D eigenvalue weighted by Crippen LogP contribution is 2.13. The maximum atomic E-state index is 12.0. The fourth-order valence-corrected chi connectivity index (χ4v) is 3.09. The van der Waals surface area contributed by atoms with Gasteiger partial charge in [-0.3, -0.25) is 4.79 Å². The molecule has 1 amide bonds. The molecule has 1 aromatic heterocycles. The highest BCUT2D eigenvalue weighted by atomic mass is 32.1. The van der Waals surface area contributed by atoms with Gasteiger partial charge in [-0.05, 0) is 38.2 Å². The predicted octanol–water partition coefficient (Wildman–Crippen LogP) is 2.11. The van der Waals surface area contributed by atoms with Gasteiger partial charge in [0.1, 0.15) is 10.8 Å². The van der Waals surface area contributed by atoms with Crippen molar-refractivity contribution in [3.8, 4) is 5.75 Å². The summed E-state index contributed by atoms with van der Waals surface area (Å²) in [5.41, 5.74) is 1.98. The molecular weight excluding hydrogens is 310 g/mol. The van der Waals surface area contributed by atoms with E-state index in [-0.39, 0.29) is 5.91 Å². The highest BCUT2D eigenvalue weighted by Gasteiger charge is 2.08. The first-order valence-corrected chi connectivity index (χ1v) is 8.42. The van der Waals surface area contributed by atoms with Crippen LogP contribution in [0.2, 0.25) is 0 Å². The zero-order valence-corrected chi connectivity index (χ0v) is 14.7. The van der Waals surface area contributed by atoms with Crippen molar-refractivity contribution in [3.05, 3.63) is 45.9 Å². The molecular formula is C17H23N3O2S. The fraction of sp³-hybridized carbons (Fsp3) is 0.412. The molecule has 0 saturated carbocycles. The number of amides is 1. The van der Waals surface area contributed by atoms with E-state index < -0.39 is 0 Å². The molecule has 5 nitrogen and oxygen atoms in total. The van der Waals surface area contributed by atoms with Crippen molar-refractivity contribution in [2.75, 3.05) is 27.7 Å². The van der Waals surface area contributed by atoms with Gasteiger partial charge in [-0.1, -0.05) is 12.1 Å². The summed E-state index contributed by atoms with van der Waals surface area (Å²) in [6, 6.07) is 7.88. The van der Waals surface area contributed by atoms with Gasteiger partial charge in [0.25, 0.3) is 0 Å². The first-order chi connectivity index (χ1) is 11.1. The molecule has 0 saturated heterocycles. The van der Waals surface area contributed by atoms with Crippen molar-refractivity contribution < 1.29 is 9.53 Å². The van der Waals surface area contributed by atoms with Crippen molar-refractivity contribution in [2.45, 2.75) is 19.4 Å². The number of nitrogens with one attached hydrogen (secondary N) is 1. The van der Waals surface area contributed by atoms with Gasteiger partial charge < -0.3 is 15.0 Å². The number of hydrogen-bond acceptors (Lipinski definition) is 5. The summed E-state index contributed by atoms with van der Waals surface area (Å²) in [4.78, 5) is 18.5. The van der Waals surface area contributed by atoms with Crippen molar-refractivity contribution in [2.24, 2.45) is 0 Å². The Bertz CT molecular complexity index is 640. The van der Waals surface area contributed by atoms with E-state index in [4.69, 9.17) is 4.74 Å². The second-order valence-electron chi connectivity index (χ2n) is 5.60. The summed E-state index contributed by atoms with van der Waals surface area (Å²) in [5.74, 6) is 0.847. The Labute approximate surface area is 141 Å². The number of carbonyl (C=O) groups is 1. The maximum absolute atomic E-state index is 12.0. The summed E-state index contributed by atoms with van der Waals surface area (Å²) >= 11 is 1.60. The molecule has 124 valence electrons. The Hall–Kier alpha value is -1.92. The van der Waals surface area contributed by atoms with Crippen LogP contribution < -0.4 is 10.1 Å². The van der Waals surface area contributed by atoms with E-state index >= 15 is 0 Å². The third-order valence-electron chi connectivity index (χ3n) is 3.26. The molecule has 2 rings (SSSR count). The zero-order chi connectivity index (χ0) is 16.7. The van der Waals surface area contributed by atoms with Crippen LogP contribution in [0.3, 0.4) is 0 Å². The molecule has 23 heavy (non-hydrogen) atoms. The molecule has 0 aliphatic rings. The van der Waals surface area contributed by atoms with Crippen LogP contribution in [0.25, 0.3) is 0 Å². The molecule has 0 atom stereocenters. The summed E-state index contributed by atoms with van der Waals surface area (Å²) in [6.45, 7) is 1.42. The summed E-state index contributed by atoms with van der Waals surface area (Å²) in [7, 11) is 5.66. The Morgan fingerprint density at radius 3 is 2.96 bits per heavy atom. The van der Waals surface area contributed by atoms with Gasteiger partial charge in [-0.2, -0.15) is 0 Å². The molecule has 2 aromatic rings. The molecule has 0 spiro atoms. The summed E-state index contributed by atoms with van der Waals surface area (Å²) in [6.07, 6.45) is 1.12. The van der Waals surface area contributed by atoms with Gasteiger partial charge in [0.2, 0.25) is 5.91 Å². The first kappa shape index (κ1) is 17.4. The Kier molecular flexibility index (Phi) is 6.55. The molecule has 0 radical (unpaired) electrons. The predicted molar refractivity (Wildman–Crippen MR) is 92.9 cm³/mol. The minimum atomic E-state index is 0.00889. The molecule has 0 aliphatic heterocycles. The monoisotopic (exact) mass is 333 g/mol. The van der Waals surface area contributed by atoms with Crippen LogP contribution in [-0.2, 0) is 24.2 Å². The molecule has 0 unspecified atom stereocenters. The topological polar surface area (TPSA) is 54.5 Å². The quantitative estimate of drug-likeness (QED) is 0.804. The SMILES string of the molecule is COc1cccc(CCNC(=O)Cc2csc(CN(C)C)n2)c1. The maximum Gasteiger partial charge on any atom is 0.226 e. The van der Waals surface area contributed by atoms with E-state index in [1.807, 2.05) is 43.7 Å². The first-order valence-electron chi connectivity index (χ1n) is 7.54. The van der Waals surface area contributed by atoms with Crippen molar-refractivity contribution in [1.82, 2.24) is 15.2 Å². The lowest BCUT2D eigenvalue weighted by atomic mass is 10.1. The van der Waals surface area contributed by atoms with Crippen molar-refractivity contribution in [3.63, 3.8) is 0 Å². The third kappa shape index (κ3) is 6.00. The van der Waals surface area contributed by atoms with Crippen LogP contribution in [-0.4, -0.2) is 43.5 Å². The number of thiazole rings is 1. The zero-order valence-electron chi connectivity index (χ0n) is 13.8. The number of ether oxygens (including phenoxy) is 1. The van der Waals surface area contributed by atoms with E-state index in [0.717, 1.165) is 35.0 Å². The average molecular weight is 333 g/mol. The Morgan fingerprint density at radius 2 is 2.22 bits per heavy atom. The summed E-state index contributed by atoms with van der Waals surface area (Å²) < 4.78 is 5.19. The smallest absolute Gasteiger partial charge is 0.226 e. The van der Waals surface area contributed by atoms with E-state index in [0.29, 0.717) is 13.0 Å². The van der Waals surface area contributed by atoms with Gasteiger partial charge in [0, 0.05) is 18.5 Å². The van der Waals surface area contributed by atoms with Crippen LogP contribution >= 0.6 is 11.3 Å². The molecule has 0 bridgehead atoms. The molecule has 0 aliphatic carbocycles. The lowest BCUT2D eigenvalue weighted by molar-refractivity contribution is -0.120. The van der Waals surface area contributed by atoms with E-state index in [1.54, 1.807) is 18.4 Å². The van der Waals surface area contributed by atoms with Crippen molar-refractivity contribution in [1.29, 1.82) is 0 Å². The molecule has 1 aromatic carbocycles. The number of rotatable bonds is 8. The van der Waals surface area contributed by atoms with Crippen LogP contribution in [0.1, 0.15) is 16.3 Å². The lowest BCUT2D eigenvalue weighted by Gasteiger charge is -2.06. The molecule has 6 heteroatoms. The molecule has 1 N–H and O–H groups in total. The minimum Gasteiger partial charge on any atom is -0.497 e.